The predicted octanol–water partition coefficient (Wildman–Crippen LogP) is 0.324. The summed E-state index contributed by atoms with van der Waals surface area (Å²) in [5, 5.41) is 10.3. The Morgan fingerprint density at radius 2 is 1.77 bits per heavy atom. The SMILES string of the molecule is CCN1CCC(O)(C2(N)CC2)CC1. The molecule has 2 aliphatic rings. The molecule has 0 aromatic heterocycles. The molecular formula is C10H20N2O. The van der Waals surface area contributed by atoms with E-state index in [2.05, 4.69) is 11.8 Å². The second-order valence-corrected chi connectivity index (χ2v) is 4.62. The van der Waals surface area contributed by atoms with E-state index in [4.69, 9.17) is 5.73 Å². The lowest BCUT2D eigenvalue weighted by molar-refractivity contribution is -0.0482. The molecule has 0 bridgehead atoms. The fourth-order valence-electron chi connectivity index (χ4n) is 2.34. The van der Waals surface area contributed by atoms with Gasteiger partial charge in [-0.2, -0.15) is 0 Å². The molecule has 0 spiro atoms. The molecule has 13 heavy (non-hydrogen) atoms. The Kier molecular flexibility index (Phi) is 2.13. The summed E-state index contributed by atoms with van der Waals surface area (Å²) in [4.78, 5) is 2.38. The molecule has 1 saturated heterocycles. The molecule has 3 N–H and O–H groups in total. The van der Waals surface area contributed by atoms with Crippen LogP contribution in [0.4, 0.5) is 0 Å². The van der Waals surface area contributed by atoms with E-state index in [0.717, 1.165) is 45.3 Å². The van der Waals surface area contributed by atoms with Crippen molar-refractivity contribution in [3.8, 4) is 0 Å². The van der Waals surface area contributed by atoms with Crippen LogP contribution in [0.25, 0.3) is 0 Å². The topological polar surface area (TPSA) is 49.5 Å². The molecule has 0 aromatic rings. The molecule has 1 aliphatic heterocycles. The zero-order valence-corrected chi connectivity index (χ0v) is 8.42. The number of piperidine rings is 1. The van der Waals surface area contributed by atoms with Crippen LogP contribution in [0.2, 0.25) is 0 Å². The normalized spacial score (nSPS) is 31.6. The average Bonchev–Trinajstić information content (AvgIpc) is 2.87. The Morgan fingerprint density at radius 3 is 2.15 bits per heavy atom. The van der Waals surface area contributed by atoms with Gasteiger partial charge in [0, 0.05) is 18.6 Å². The van der Waals surface area contributed by atoms with E-state index >= 15 is 0 Å². The van der Waals surface area contributed by atoms with Gasteiger partial charge < -0.3 is 15.7 Å². The quantitative estimate of drug-likeness (QED) is 0.650. The standard InChI is InChI=1S/C10H20N2O/c1-2-12-7-5-10(13,6-8-12)9(11)3-4-9/h13H,2-8,11H2,1H3. The van der Waals surface area contributed by atoms with Crippen molar-refractivity contribution < 1.29 is 5.11 Å². The second-order valence-electron chi connectivity index (χ2n) is 4.62. The minimum Gasteiger partial charge on any atom is -0.388 e. The van der Waals surface area contributed by atoms with Gasteiger partial charge >= 0.3 is 0 Å². The van der Waals surface area contributed by atoms with E-state index in [1.807, 2.05) is 0 Å². The number of rotatable bonds is 2. The molecule has 2 fully saturated rings. The Labute approximate surface area is 79.9 Å². The molecular weight excluding hydrogens is 164 g/mol. The Bertz CT molecular complexity index is 193. The number of aliphatic hydroxyl groups is 1. The van der Waals surface area contributed by atoms with Gasteiger partial charge in [0.2, 0.25) is 0 Å². The highest BCUT2D eigenvalue weighted by Gasteiger charge is 2.56. The summed E-state index contributed by atoms with van der Waals surface area (Å²) in [6.07, 6.45) is 3.74. The van der Waals surface area contributed by atoms with Gasteiger partial charge in [0.1, 0.15) is 0 Å². The van der Waals surface area contributed by atoms with E-state index in [-0.39, 0.29) is 5.54 Å². The van der Waals surface area contributed by atoms with Crippen molar-refractivity contribution in [1.29, 1.82) is 0 Å². The van der Waals surface area contributed by atoms with Crippen LogP contribution in [-0.4, -0.2) is 40.8 Å². The van der Waals surface area contributed by atoms with E-state index in [9.17, 15) is 5.11 Å². The third-order valence-electron chi connectivity index (χ3n) is 3.85. The highest BCUT2D eigenvalue weighted by molar-refractivity contribution is 5.14. The van der Waals surface area contributed by atoms with Crippen LogP contribution in [0.15, 0.2) is 0 Å². The van der Waals surface area contributed by atoms with Crippen LogP contribution in [-0.2, 0) is 0 Å². The highest BCUT2D eigenvalue weighted by atomic mass is 16.3. The van der Waals surface area contributed by atoms with Crippen molar-refractivity contribution >= 4 is 0 Å². The Balaban J connectivity index is 1.96. The first kappa shape index (κ1) is 9.44. The molecule has 76 valence electrons. The summed E-state index contributed by atoms with van der Waals surface area (Å²) in [5.41, 5.74) is 5.29. The van der Waals surface area contributed by atoms with Crippen LogP contribution in [0.5, 0.6) is 0 Å². The zero-order chi connectivity index (χ0) is 9.53. The lowest BCUT2D eigenvalue weighted by Crippen LogP contribution is -2.56. The number of likely N-dealkylation sites (tertiary alicyclic amines) is 1. The van der Waals surface area contributed by atoms with Crippen LogP contribution < -0.4 is 5.73 Å². The molecule has 0 atom stereocenters. The minimum atomic E-state index is -0.557. The Hall–Kier alpha value is -0.120. The van der Waals surface area contributed by atoms with E-state index in [1.54, 1.807) is 0 Å². The first-order chi connectivity index (χ1) is 6.10. The van der Waals surface area contributed by atoms with Crippen molar-refractivity contribution in [2.75, 3.05) is 19.6 Å². The molecule has 0 radical (unpaired) electrons. The third kappa shape index (κ3) is 1.49. The summed E-state index contributed by atoms with van der Waals surface area (Å²) in [6.45, 7) is 5.27. The van der Waals surface area contributed by atoms with Crippen LogP contribution >= 0.6 is 0 Å². The second kappa shape index (κ2) is 2.94. The number of nitrogens with zero attached hydrogens (tertiary/aromatic N) is 1. The van der Waals surface area contributed by atoms with Gasteiger partial charge in [-0.25, -0.2) is 0 Å². The first-order valence-electron chi connectivity index (χ1n) is 5.33. The van der Waals surface area contributed by atoms with Crippen LogP contribution in [0.1, 0.15) is 32.6 Å². The molecule has 1 aliphatic carbocycles. The van der Waals surface area contributed by atoms with Gasteiger partial charge in [-0.15, -0.1) is 0 Å². The summed E-state index contributed by atoms with van der Waals surface area (Å²) in [7, 11) is 0. The Morgan fingerprint density at radius 1 is 1.23 bits per heavy atom. The van der Waals surface area contributed by atoms with Gasteiger partial charge in [0.05, 0.1) is 5.60 Å². The smallest absolute Gasteiger partial charge is 0.0850 e. The maximum Gasteiger partial charge on any atom is 0.0850 e. The molecule has 3 nitrogen and oxygen atoms in total. The van der Waals surface area contributed by atoms with Crippen molar-refractivity contribution in [1.82, 2.24) is 4.90 Å². The van der Waals surface area contributed by atoms with Crippen molar-refractivity contribution in [2.45, 2.75) is 43.7 Å². The van der Waals surface area contributed by atoms with E-state index in [1.165, 1.54) is 0 Å². The van der Waals surface area contributed by atoms with Crippen LogP contribution in [0, 0.1) is 0 Å². The highest BCUT2D eigenvalue weighted by Crippen LogP contribution is 2.47. The van der Waals surface area contributed by atoms with E-state index < -0.39 is 5.60 Å². The van der Waals surface area contributed by atoms with Gasteiger partial charge in [-0.05, 0) is 32.2 Å². The van der Waals surface area contributed by atoms with Crippen LogP contribution in [0.3, 0.4) is 0 Å². The average molecular weight is 184 g/mol. The fourth-order valence-corrected chi connectivity index (χ4v) is 2.34. The number of nitrogens with two attached hydrogens (primary N) is 1. The summed E-state index contributed by atoms with van der Waals surface area (Å²) in [5.74, 6) is 0. The molecule has 1 heterocycles. The molecule has 2 rings (SSSR count). The lowest BCUT2D eigenvalue weighted by atomic mass is 9.82. The predicted molar refractivity (Wildman–Crippen MR) is 52.5 cm³/mol. The van der Waals surface area contributed by atoms with Gasteiger partial charge in [0.15, 0.2) is 0 Å². The van der Waals surface area contributed by atoms with Gasteiger partial charge in [-0.3, -0.25) is 0 Å². The van der Waals surface area contributed by atoms with Gasteiger partial charge in [0.25, 0.3) is 0 Å². The van der Waals surface area contributed by atoms with Crippen molar-refractivity contribution in [3.63, 3.8) is 0 Å². The summed E-state index contributed by atoms with van der Waals surface area (Å²) < 4.78 is 0. The molecule has 0 unspecified atom stereocenters. The zero-order valence-electron chi connectivity index (χ0n) is 8.42. The molecule has 3 heteroatoms. The van der Waals surface area contributed by atoms with Crippen molar-refractivity contribution in [2.24, 2.45) is 5.73 Å². The van der Waals surface area contributed by atoms with Crippen molar-refractivity contribution in [3.05, 3.63) is 0 Å². The molecule has 1 saturated carbocycles. The number of hydrogen-bond donors (Lipinski definition) is 2. The van der Waals surface area contributed by atoms with Gasteiger partial charge in [-0.1, -0.05) is 6.92 Å². The monoisotopic (exact) mass is 184 g/mol. The minimum absolute atomic E-state index is 0.229. The van der Waals surface area contributed by atoms with E-state index in [0.29, 0.717) is 0 Å². The summed E-state index contributed by atoms with van der Waals surface area (Å²) in [6, 6.07) is 0. The molecule has 0 amide bonds. The first-order valence-corrected chi connectivity index (χ1v) is 5.33. The number of hydrogen-bond acceptors (Lipinski definition) is 3. The summed E-state index contributed by atoms with van der Waals surface area (Å²) >= 11 is 0. The third-order valence-corrected chi connectivity index (χ3v) is 3.85. The largest absolute Gasteiger partial charge is 0.388 e. The maximum atomic E-state index is 10.3. The fraction of sp³-hybridized carbons (Fsp3) is 1.00. The lowest BCUT2D eigenvalue weighted by Gasteiger charge is -2.41. The molecule has 0 aromatic carbocycles. The maximum absolute atomic E-state index is 10.3.